The van der Waals surface area contributed by atoms with Gasteiger partial charge in [0.05, 0.1) is 5.41 Å². The van der Waals surface area contributed by atoms with Gasteiger partial charge >= 0.3 is 6.18 Å². The first-order valence-corrected chi connectivity index (χ1v) is 10.3. The average Bonchev–Trinajstić information content (AvgIpc) is 2.91. The molecule has 29 heavy (non-hydrogen) atoms. The molecule has 6 heteroatoms. The van der Waals surface area contributed by atoms with Crippen LogP contribution in [-0.2, 0) is 11.2 Å². The standard InChI is InChI=1S/C23H29F3N2O/c1-4-5-6-7-11-17-14-13-16-10-8-9-12-18(16)19(17)20(23(24,25)26)28-15-22(2,3)21(29)27-28/h8-10,12-14,20H,4-7,11,15H2,1-3H3,(H,27,29). The fourth-order valence-corrected chi connectivity index (χ4v) is 4.09. The molecule has 3 nitrogen and oxygen atoms in total. The SMILES string of the molecule is CCCCCCc1ccc2ccccc2c1C(N1CC(C)(C)C(=O)N1)C(F)(F)F. The van der Waals surface area contributed by atoms with Gasteiger partial charge in [0.1, 0.15) is 0 Å². The number of amides is 1. The number of carbonyl (C=O) groups excluding carboxylic acids is 1. The Bertz CT molecular complexity index is 876. The van der Waals surface area contributed by atoms with Gasteiger partial charge in [-0.15, -0.1) is 0 Å². The lowest BCUT2D eigenvalue weighted by Crippen LogP contribution is -2.44. The number of hydrazine groups is 1. The number of hydrogen-bond donors (Lipinski definition) is 1. The van der Waals surface area contributed by atoms with Gasteiger partial charge in [0.15, 0.2) is 6.04 Å². The van der Waals surface area contributed by atoms with Crippen LogP contribution in [-0.4, -0.2) is 23.6 Å². The monoisotopic (exact) mass is 406 g/mol. The minimum absolute atomic E-state index is 0.00844. The zero-order valence-electron chi connectivity index (χ0n) is 17.3. The van der Waals surface area contributed by atoms with Crippen molar-refractivity contribution in [2.24, 2.45) is 5.41 Å². The molecule has 1 fully saturated rings. The maximum Gasteiger partial charge on any atom is 0.409 e. The highest BCUT2D eigenvalue weighted by Crippen LogP contribution is 2.44. The number of hydrogen-bond acceptors (Lipinski definition) is 2. The van der Waals surface area contributed by atoms with Crippen molar-refractivity contribution in [1.29, 1.82) is 0 Å². The van der Waals surface area contributed by atoms with Crippen molar-refractivity contribution in [3.63, 3.8) is 0 Å². The number of fused-ring (bicyclic) bond motifs is 1. The summed E-state index contributed by atoms with van der Waals surface area (Å²) in [7, 11) is 0. The molecule has 0 aliphatic carbocycles. The van der Waals surface area contributed by atoms with Gasteiger partial charge in [-0.05, 0) is 48.6 Å². The van der Waals surface area contributed by atoms with Crippen molar-refractivity contribution < 1.29 is 18.0 Å². The average molecular weight is 406 g/mol. The highest BCUT2D eigenvalue weighted by Gasteiger charge is 2.52. The molecule has 0 bridgehead atoms. The van der Waals surface area contributed by atoms with Crippen LogP contribution < -0.4 is 5.43 Å². The van der Waals surface area contributed by atoms with Crippen LogP contribution in [0.3, 0.4) is 0 Å². The van der Waals surface area contributed by atoms with Crippen molar-refractivity contribution in [3.05, 3.63) is 47.5 Å². The normalized spacial score (nSPS) is 18.2. The van der Waals surface area contributed by atoms with E-state index in [1.165, 1.54) is 0 Å². The van der Waals surface area contributed by atoms with Crippen LogP contribution in [0.25, 0.3) is 10.8 Å². The maximum atomic E-state index is 14.4. The Hall–Kier alpha value is -2.08. The Morgan fingerprint density at radius 3 is 2.45 bits per heavy atom. The third kappa shape index (κ3) is 4.58. The lowest BCUT2D eigenvalue weighted by Gasteiger charge is -2.32. The molecule has 1 atom stereocenters. The van der Waals surface area contributed by atoms with E-state index >= 15 is 0 Å². The first-order valence-electron chi connectivity index (χ1n) is 10.3. The van der Waals surface area contributed by atoms with E-state index in [0.717, 1.165) is 36.1 Å². The molecule has 0 radical (unpaired) electrons. The number of rotatable bonds is 7. The summed E-state index contributed by atoms with van der Waals surface area (Å²) in [6.45, 7) is 5.46. The second-order valence-corrected chi connectivity index (χ2v) is 8.57. The van der Waals surface area contributed by atoms with E-state index in [9.17, 15) is 18.0 Å². The van der Waals surface area contributed by atoms with Gasteiger partial charge in [-0.3, -0.25) is 10.2 Å². The quantitative estimate of drug-likeness (QED) is 0.577. The van der Waals surface area contributed by atoms with Crippen LogP contribution in [0.5, 0.6) is 0 Å². The summed E-state index contributed by atoms with van der Waals surface area (Å²) in [5.74, 6) is -0.378. The first kappa shape index (κ1) is 21.6. The first-order chi connectivity index (χ1) is 13.6. The molecular formula is C23H29F3N2O. The van der Waals surface area contributed by atoms with Crippen LogP contribution in [0, 0.1) is 5.41 Å². The molecule has 1 unspecified atom stereocenters. The molecule has 2 aromatic rings. The molecular weight excluding hydrogens is 377 g/mol. The van der Waals surface area contributed by atoms with E-state index in [4.69, 9.17) is 0 Å². The minimum Gasteiger partial charge on any atom is -0.287 e. The summed E-state index contributed by atoms with van der Waals surface area (Å²) >= 11 is 0. The Morgan fingerprint density at radius 2 is 1.83 bits per heavy atom. The highest BCUT2D eigenvalue weighted by molar-refractivity contribution is 5.88. The maximum absolute atomic E-state index is 14.4. The molecule has 0 saturated carbocycles. The van der Waals surface area contributed by atoms with Crippen LogP contribution in [0.1, 0.15) is 63.6 Å². The fraction of sp³-hybridized carbons (Fsp3) is 0.522. The van der Waals surface area contributed by atoms with Gasteiger partial charge in [0, 0.05) is 6.54 Å². The molecule has 1 aliphatic rings. The van der Waals surface area contributed by atoms with E-state index in [1.54, 1.807) is 26.0 Å². The lowest BCUT2D eigenvalue weighted by atomic mass is 9.89. The fourth-order valence-electron chi connectivity index (χ4n) is 4.09. The smallest absolute Gasteiger partial charge is 0.287 e. The summed E-state index contributed by atoms with van der Waals surface area (Å²) in [5.41, 5.74) is 2.60. The van der Waals surface area contributed by atoms with Gasteiger partial charge in [-0.2, -0.15) is 13.2 Å². The molecule has 3 rings (SSSR count). The molecule has 1 amide bonds. The Morgan fingerprint density at radius 1 is 1.10 bits per heavy atom. The molecule has 0 aromatic heterocycles. The predicted octanol–water partition coefficient (Wildman–Crippen LogP) is 5.94. The second-order valence-electron chi connectivity index (χ2n) is 8.57. The number of nitrogens with zero attached hydrogens (tertiary/aromatic N) is 1. The highest BCUT2D eigenvalue weighted by atomic mass is 19.4. The Balaban J connectivity index is 2.10. The van der Waals surface area contributed by atoms with Gasteiger partial charge in [0.25, 0.3) is 0 Å². The second kappa shape index (κ2) is 8.34. The van der Waals surface area contributed by atoms with E-state index in [-0.39, 0.29) is 18.0 Å². The van der Waals surface area contributed by atoms with Crippen LogP contribution in [0.2, 0.25) is 0 Å². The number of nitrogens with one attached hydrogen (secondary N) is 1. The summed E-state index contributed by atoms with van der Waals surface area (Å²) in [4.78, 5) is 12.2. The number of carbonyl (C=O) groups is 1. The summed E-state index contributed by atoms with van der Waals surface area (Å²) in [6, 6.07) is 9.03. The summed E-state index contributed by atoms with van der Waals surface area (Å²) < 4.78 is 43.2. The van der Waals surface area contributed by atoms with Crippen molar-refractivity contribution in [2.45, 2.75) is 65.1 Å². The third-order valence-electron chi connectivity index (χ3n) is 5.68. The van der Waals surface area contributed by atoms with Crippen molar-refractivity contribution in [1.82, 2.24) is 10.4 Å². The van der Waals surface area contributed by atoms with Crippen molar-refractivity contribution >= 4 is 16.7 Å². The zero-order chi connectivity index (χ0) is 21.2. The molecule has 1 N–H and O–H groups in total. The van der Waals surface area contributed by atoms with Gasteiger partial charge in [-0.25, -0.2) is 5.01 Å². The topological polar surface area (TPSA) is 32.3 Å². The molecule has 1 aliphatic heterocycles. The number of unbranched alkanes of at least 4 members (excludes halogenated alkanes) is 3. The van der Waals surface area contributed by atoms with Gasteiger partial charge in [-0.1, -0.05) is 62.6 Å². The number of alkyl halides is 3. The number of aryl methyl sites for hydroxylation is 1. The summed E-state index contributed by atoms with van der Waals surface area (Å²) in [5, 5.41) is 2.46. The van der Waals surface area contributed by atoms with E-state index in [0.29, 0.717) is 17.4 Å². The minimum atomic E-state index is -4.52. The van der Waals surface area contributed by atoms with Crippen LogP contribution >= 0.6 is 0 Å². The number of halogens is 3. The van der Waals surface area contributed by atoms with Crippen molar-refractivity contribution in [2.75, 3.05) is 6.54 Å². The summed E-state index contributed by atoms with van der Waals surface area (Å²) in [6.07, 6.45) is 0.0646. The molecule has 158 valence electrons. The van der Waals surface area contributed by atoms with E-state index in [2.05, 4.69) is 12.3 Å². The Labute approximate surface area is 170 Å². The van der Waals surface area contributed by atoms with Gasteiger partial charge in [0.2, 0.25) is 5.91 Å². The molecule has 1 saturated heterocycles. The van der Waals surface area contributed by atoms with E-state index < -0.39 is 17.6 Å². The lowest BCUT2D eigenvalue weighted by molar-refractivity contribution is -0.191. The van der Waals surface area contributed by atoms with Crippen LogP contribution in [0.15, 0.2) is 36.4 Å². The predicted molar refractivity (Wildman–Crippen MR) is 109 cm³/mol. The van der Waals surface area contributed by atoms with Crippen molar-refractivity contribution in [3.8, 4) is 0 Å². The Kier molecular flexibility index (Phi) is 6.22. The molecule has 2 aromatic carbocycles. The largest absolute Gasteiger partial charge is 0.409 e. The van der Waals surface area contributed by atoms with Gasteiger partial charge < -0.3 is 0 Å². The van der Waals surface area contributed by atoms with E-state index in [1.807, 2.05) is 24.3 Å². The third-order valence-corrected chi connectivity index (χ3v) is 5.68. The molecule has 0 spiro atoms. The molecule has 1 heterocycles. The zero-order valence-corrected chi connectivity index (χ0v) is 17.3. The van der Waals surface area contributed by atoms with Crippen LogP contribution in [0.4, 0.5) is 13.2 Å². The number of benzene rings is 2.